The summed E-state index contributed by atoms with van der Waals surface area (Å²) in [5.41, 5.74) is -0.158. The maximum Gasteiger partial charge on any atom is 0.120 e. The normalized spacial score (nSPS) is 16.3. The van der Waals surface area contributed by atoms with Gasteiger partial charge in [-0.25, -0.2) is 0 Å². The molecule has 2 N–H and O–H groups in total. The molecule has 0 saturated carbocycles. The molecule has 2 aromatic heterocycles. The van der Waals surface area contributed by atoms with Gasteiger partial charge in [0, 0.05) is 25.4 Å². The molecule has 104 valence electrons. The van der Waals surface area contributed by atoms with Crippen LogP contribution in [-0.4, -0.2) is 21.4 Å². The average molecular weight is 263 g/mol. The predicted molar refractivity (Wildman–Crippen MR) is 72.6 cm³/mol. The SMILES string of the molecule is Cc1ccc(C(C)NCC(C)(O)c2cnn(C)c2)o1. The third-order valence-electron chi connectivity index (χ3n) is 3.27. The van der Waals surface area contributed by atoms with Gasteiger partial charge in [0.1, 0.15) is 17.1 Å². The topological polar surface area (TPSA) is 63.2 Å². The smallest absolute Gasteiger partial charge is 0.120 e. The van der Waals surface area contributed by atoms with E-state index in [1.807, 2.05) is 39.2 Å². The van der Waals surface area contributed by atoms with Crippen LogP contribution in [0.2, 0.25) is 0 Å². The van der Waals surface area contributed by atoms with Crippen molar-refractivity contribution in [3.05, 3.63) is 41.6 Å². The van der Waals surface area contributed by atoms with Crippen LogP contribution in [-0.2, 0) is 12.6 Å². The summed E-state index contributed by atoms with van der Waals surface area (Å²) in [6.07, 6.45) is 3.51. The van der Waals surface area contributed by atoms with Gasteiger partial charge < -0.3 is 14.8 Å². The van der Waals surface area contributed by atoms with Gasteiger partial charge >= 0.3 is 0 Å². The molecule has 0 aliphatic heterocycles. The summed E-state index contributed by atoms with van der Waals surface area (Å²) in [4.78, 5) is 0. The number of aryl methyl sites for hydroxylation is 2. The van der Waals surface area contributed by atoms with E-state index >= 15 is 0 Å². The van der Waals surface area contributed by atoms with Crippen LogP contribution in [0.25, 0.3) is 0 Å². The summed E-state index contributed by atoms with van der Waals surface area (Å²) in [7, 11) is 1.83. The van der Waals surface area contributed by atoms with Crippen LogP contribution >= 0.6 is 0 Å². The molecule has 0 aliphatic rings. The van der Waals surface area contributed by atoms with Gasteiger partial charge in [-0.05, 0) is 32.9 Å². The molecular formula is C14H21N3O2. The highest BCUT2D eigenvalue weighted by molar-refractivity contribution is 5.15. The molecule has 2 heterocycles. The van der Waals surface area contributed by atoms with Crippen molar-refractivity contribution in [2.45, 2.75) is 32.4 Å². The number of nitrogens with zero attached hydrogens (tertiary/aromatic N) is 2. The van der Waals surface area contributed by atoms with E-state index in [9.17, 15) is 5.11 Å². The highest BCUT2D eigenvalue weighted by Gasteiger charge is 2.25. The Kier molecular flexibility index (Phi) is 3.78. The van der Waals surface area contributed by atoms with E-state index in [1.54, 1.807) is 17.8 Å². The quantitative estimate of drug-likeness (QED) is 0.864. The maximum atomic E-state index is 10.5. The van der Waals surface area contributed by atoms with E-state index in [2.05, 4.69) is 10.4 Å². The van der Waals surface area contributed by atoms with Crippen molar-refractivity contribution in [3.8, 4) is 0 Å². The molecule has 2 atom stereocenters. The largest absolute Gasteiger partial charge is 0.465 e. The number of hydrogen-bond acceptors (Lipinski definition) is 4. The zero-order chi connectivity index (χ0) is 14.0. The summed E-state index contributed by atoms with van der Waals surface area (Å²) < 4.78 is 7.24. The van der Waals surface area contributed by atoms with Crippen LogP contribution in [0.5, 0.6) is 0 Å². The lowest BCUT2D eigenvalue weighted by Gasteiger charge is -2.24. The minimum Gasteiger partial charge on any atom is -0.465 e. The second kappa shape index (κ2) is 5.19. The molecule has 19 heavy (non-hydrogen) atoms. The average Bonchev–Trinajstić information content (AvgIpc) is 2.95. The van der Waals surface area contributed by atoms with Gasteiger partial charge in [-0.15, -0.1) is 0 Å². The Bertz CT molecular complexity index is 542. The van der Waals surface area contributed by atoms with Gasteiger partial charge in [-0.3, -0.25) is 4.68 Å². The van der Waals surface area contributed by atoms with Crippen LogP contribution in [0.3, 0.4) is 0 Å². The Labute approximate surface area is 113 Å². The fraction of sp³-hybridized carbons (Fsp3) is 0.500. The monoisotopic (exact) mass is 263 g/mol. The molecule has 2 rings (SSSR count). The Hall–Kier alpha value is -1.59. The fourth-order valence-electron chi connectivity index (χ4n) is 1.94. The van der Waals surface area contributed by atoms with E-state index in [4.69, 9.17) is 4.42 Å². The van der Waals surface area contributed by atoms with Gasteiger partial charge in [0.15, 0.2) is 0 Å². The van der Waals surface area contributed by atoms with E-state index in [0.29, 0.717) is 6.54 Å². The van der Waals surface area contributed by atoms with Crippen LogP contribution in [0.15, 0.2) is 28.9 Å². The second-order valence-corrected chi connectivity index (χ2v) is 5.23. The Morgan fingerprint density at radius 3 is 2.79 bits per heavy atom. The molecule has 5 nitrogen and oxygen atoms in total. The maximum absolute atomic E-state index is 10.5. The molecular weight excluding hydrogens is 242 g/mol. The number of aliphatic hydroxyl groups is 1. The lowest BCUT2D eigenvalue weighted by atomic mass is 9.99. The molecule has 0 saturated heterocycles. The minimum atomic E-state index is -0.954. The zero-order valence-corrected chi connectivity index (χ0v) is 11.8. The van der Waals surface area contributed by atoms with E-state index in [0.717, 1.165) is 17.1 Å². The van der Waals surface area contributed by atoms with E-state index in [1.165, 1.54) is 0 Å². The van der Waals surface area contributed by atoms with Gasteiger partial charge in [0.25, 0.3) is 0 Å². The fourth-order valence-corrected chi connectivity index (χ4v) is 1.94. The van der Waals surface area contributed by atoms with Crippen LogP contribution in [0, 0.1) is 6.92 Å². The molecule has 0 radical (unpaired) electrons. The van der Waals surface area contributed by atoms with Crippen molar-refractivity contribution in [1.29, 1.82) is 0 Å². The standard InChI is InChI=1S/C14H21N3O2/c1-10-5-6-13(19-10)11(2)15-9-14(3,18)12-7-16-17(4)8-12/h5-8,11,15,18H,9H2,1-4H3. The second-order valence-electron chi connectivity index (χ2n) is 5.23. The van der Waals surface area contributed by atoms with Gasteiger partial charge in [-0.1, -0.05) is 0 Å². The number of furan rings is 1. The third kappa shape index (κ3) is 3.24. The summed E-state index contributed by atoms with van der Waals surface area (Å²) in [6, 6.07) is 3.94. The third-order valence-corrected chi connectivity index (χ3v) is 3.27. The first kappa shape index (κ1) is 13.8. The molecule has 0 amide bonds. The van der Waals surface area contributed by atoms with Crippen molar-refractivity contribution in [1.82, 2.24) is 15.1 Å². The number of hydrogen-bond donors (Lipinski definition) is 2. The summed E-state index contributed by atoms with van der Waals surface area (Å²) in [5.74, 6) is 1.77. The zero-order valence-electron chi connectivity index (χ0n) is 11.8. The summed E-state index contributed by atoms with van der Waals surface area (Å²) in [5, 5.41) is 17.8. The first-order valence-corrected chi connectivity index (χ1v) is 6.40. The number of aromatic nitrogens is 2. The summed E-state index contributed by atoms with van der Waals surface area (Å²) >= 11 is 0. The highest BCUT2D eigenvalue weighted by atomic mass is 16.3. The first-order valence-electron chi connectivity index (χ1n) is 6.40. The van der Waals surface area contributed by atoms with E-state index < -0.39 is 5.60 Å². The molecule has 0 bridgehead atoms. The van der Waals surface area contributed by atoms with Crippen LogP contribution in [0.1, 0.15) is 37.0 Å². The Morgan fingerprint density at radius 1 is 1.53 bits per heavy atom. The number of rotatable bonds is 5. The van der Waals surface area contributed by atoms with Gasteiger partial charge in [-0.2, -0.15) is 5.10 Å². The lowest BCUT2D eigenvalue weighted by Crippen LogP contribution is -2.36. The molecule has 0 aliphatic carbocycles. The van der Waals surface area contributed by atoms with Crippen molar-refractivity contribution in [3.63, 3.8) is 0 Å². The summed E-state index contributed by atoms with van der Waals surface area (Å²) in [6.45, 7) is 6.14. The minimum absolute atomic E-state index is 0.0526. The molecule has 5 heteroatoms. The van der Waals surface area contributed by atoms with Gasteiger partial charge in [0.05, 0.1) is 12.2 Å². The Balaban J connectivity index is 1.97. The molecule has 2 unspecified atom stereocenters. The van der Waals surface area contributed by atoms with Gasteiger partial charge in [0.2, 0.25) is 0 Å². The van der Waals surface area contributed by atoms with Crippen molar-refractivity contribution >= 4 is 0 Å². The lowest BCUT2D eigenvalue weighted by molar-refractivity contribution is 0.0535. The van der Waals surface area contributed by atoms with E-state index in [-0.39, 0.29) is 6.04 Å². The molecule has 0 spiro atoms. The van der Waals surface area contributed by atoms with Crippen molar-refractivity contribution < 1.29 is 9.52 Å². The van der Waals surface area contributed by atoms with Crippen LogP contribution < -0.4 is 5.32 Å². The molecule has 0 fully saturated rings. The Morgan fingerprint density at radius 2 is 2.26 bits per heavy atom. The number of nitrogens with one attached hydrogen (secondary N) is 1. The molecule has 2 aromatic rings. The highest BCUT2D eigenvalue weighted by Crippen LogP contribution is 2.21. The van der Waals surface area contributed by atoms with Crippen LogP contribution in [0.4, 0.5) is 0 Å². The first-order chi connectivity index (χ1) is 8.88. The predicted octanol–water partition coefficient (Wildman–Crippen LogP) is 1.88. The van der Waals surface area contributed by atoms with Crippen molar-refractivity contribution in [2.75, 3.05) is 6.54 Å². The van der Waals surface area contributed by atoms with Crippen molar-refractivity contribution in [2.24, 2.45) is 7.05 Å². The molecule has 0 aromatic carbocycles.